The summed E-state index contributed by atoms with van der Waals surface area (Å²) in [5.41, 5.74) is -0.693. The summed E-state index contributed by atoms with van der Waals surface area (Å²) in [7, 11) is -3.82. The normalized spacial score (nSPS) is 11.2. The SMILES string of the molecule is CS(=O)(=O)c1c(C=N)cc(C(=O)O)c(Cl)c1O. The van der Waals surface area contributed by atoms with E-state index in [1.165, 1.54) is 0 Å². The Morgan fingerprint density at radius 1 is 1.53 bits per heavy atom. The second-order valence-corrected chi connectivity index (χ2v) is 5.56. The molecule has 0 aromatic heterocycles. The summed E-state index contributed by atoms with van der Waals surface area (Å²) in [4.78, 5) is 10.2. The van der Waals surface area contributed by atoms with Crippen molar-refractivity contribution in [3.8, 4) is 5.75 Å². The molecule has 6 nitrogen and oxygen atoms in total. The van der Waals surface area contributed by atoms with Crippen LogP contribution >= 0.6 is 11.6 Å². The third kappa shape index (κ3) is 2.40. The van der Waals surface area contributed by atoms with Gasteiger partial charge in [0, 0.05) is 18.0 Å². The van der Waals surface area contributed by atoms with Crippen molar-refractivity contribution in [3.63, 3.8) is 0 Å². The Labute approximate surface area is 102 Å². The van der Waals surface area contributed by atoms with E-state index in [0.717, 1.165) is 12.3 Å². The second kappa shape index (κ2) is 4.34. The molecule has 1 aromatic carbocycles. The molecule has 0 saturated carbocycles. The van der Waals surface area contributed by atoms with Gasteiger partial charge in [-0.1, -0.05) is 11.6 Å². The van der Waals surface area contributed by atoms with E-state index in [0.29, 0.717) is 6.21 Å². The Balaban J connectivity index is 3.83. The Morgan fingerprint density at radius 2 is 2.06 bits per heavy atom. The summed E-state index contributed by atoms with van der Waals surface area (Å²) in [6.45, 7) is 0. The van der Waals surface area contributed by atoms with E-state index in [1.54, 1.807) is 0 Å². The van der Waals surface area contributed by atoms with Crippen molar-refractivity contribution in [2.75, 3.05) is 6.26 Å². The fraction of sp³-hybridized carbons (Fsp3) is 0.111. The van der Waals surface area contributed by atoms with Crippen LogP contribution in [0.15, 0.2) is 11.0 Å². The number of carboxylic acid groups (broad SMARTS) is 1. The molecule has 0 aliphatic heterocycles. The van der Waals surface area contributed by atoms with Gasteiger partial charge in [0.1, 0.15) is 4.90 Å². The van der Waals surface area contributed by atoms with Gasteiger partial charge in [0.2, 0.25) is 0 Å². The fourth-order valence-corrected chi connectivity index (χ4v) is 2.59. The lowest BCUT2D eigenvalue weighted by molar-refractivity contribution is 0.0696. The van der Waals surface area contributed by atoms with Crippen LogP contribution in [0.4, 0.5) is 0 Å². The van der Waals surface area contributed by atoms with Crippen molar-refractivity contribution in [2.24, 2.45) is 0 Å². The van der Waals surface area contributed by atoms with Gasteiger partial charge in [-0.2, -0.15) is 0 Å². The van der Waals surface area contributed by atoms with Crippen LogP contribution < -0.4 is 0 Å². The number of rotatable bonds is 3. The van der Waals surface area contributed by atoms with Crippen LogP contribution in [0, 0.1) is 5.41 Å². The number of phenols is 1. The van der Waals surface area contributed by atoms with Crippen LogP contribution in [0.2, 0.25) is 5.02 Å². The molecule has 0 fully saturated rings. The molecule has 0 bridgehead atoms. The van der Waals surface area contributed by atoms with Gasteiger partial charge >= 0.3 is 5.97 Å². The molecule has 0 aliphatic rings. The zero-order valence-electron chi connectivity index (χ0n) is 8.56. The van der Waals surface area contributed by atoms with E-state index < -0.39 is 37.0 Å². The largest absolute Gasteiger partial charge is 0.505 e. The van der Waals surface area contributed by atoms with Crippen molar-refractivity contribution in [1.29, 1.82) is 5.41 Å². The minimum atomic E-state index is -3.82. The van der Waals surface area contributed by atoms with Crippen LogP contribution in [0.5, 0.6) is 5.75 Å². The van der Waals surface area contributed by atoms with Gasteiger partial charge < -0.3 is 15.6 Å². The van der Waals surface area contributed by atoms with Crippen LogP contribution in [0.25, 0.3) is 0 Å². The van der Waals surface area contributed by atoms with Crippen molar-refractivity contribution >= 4 is 33.6 Å². The minimum absolute atomic E-state index is 0.230. The number of aromatic carboxylic acids is 1. The van der Waals surface area contributed by atoms with E-state index in [2.05, 4.69) is 0 Å². The van der Waals surface area contributed by atoms with Gasteiger partial charge in [-0.25, -0.2) is 13.2 Å². The molecule has 0 atom stereocenters. The Hall–Kier alpha value is -1.60. The molecule has 0 heterocycles. The molecule has 8 heteroatoms. The molecule has 0 aliphatic carbocycles. The fourth-order valence-electron chi connectivity index (χ4n) is 1.30. The number of carbonyl (C=O) groups is 1. The smallest absolute Gasteiger partial charge is 0.337 e. The molecule has 0 spiro atoms. The zero-order valence-corrected chi connectivity index (χ0v) is 10.1. The Morgan fingerprint density at radius 3 is 2.41 bits per heavy atom. The predicted octanol–water partition coefficient (Wildman–Crippen LogP) is 1.14. The van der Waals surface area contributed by atoms with Crippen molar-refractivity contribution in [1.82, 2.24) is 0 Å². The number of hydrogen-bond acceptors (Lipinski definition) is 5. The average molecular weight is 278 g/mol. The lowest BCUT2D eigenvalue weighted by Gasteiger charge is -2.10. The number of nitrogens with one attached hydrogen (secondary N) is 1. The molecule has 3 N–H and O–H groups in total. The number of carboxylic acids is 1. The third-order valence-electron chi connectivity index (χ3n) is 1.98. The molecule has 0 radical (unpaired) electrons. The summed E-state index contributed by atoms with van der Waals surface area (Å²) in [5, 5.41) is 24.8. The average Bonchev–Trinajstić information content (AvgIpc) is 2.19. The topological polar surface area (TPSA) is 116 Å². The van der Waals surface area contributed by atoms with Gasteiger partial charge in [-0.15, -0.1) is 0 Å². The van der Waals surface area contributed by atoms with E-state index in [1.807, 2.05) is 0 Å². The van der Waals surface area contributed by atoms with Crippen LogP contribution in [-0.4, -0.2) is 37.1 Å². The zero-order chi connectivity index (χ0) is 13.4. The number of halogens is 1. The van der Waals surface area contributed by atoms with Gasteiger partial charge in [-0.05, 0) is 6.07 Å². The first-order valence-electron chi connectivity index (χ1n) is 4.19. The van der Waals surface area contributed by atoms with Crippen LogP contribution in [0.1, 0.15) is 15.9 Å². The molecule has 0 amide bonds. The monoisotopic (exact) mass is 277 g/mol. The van der Waals surface area contributed by atoms with E-state index in [-0.39, 0.29) is 5.56 Å². The van der Waals surface area contributed by atoms with Crippen LogP contribution in [0.3, 0.4) is 0 Å². The highest BCUT2D eigenvalue weighted by Crippen LogP contribution is 2.36. The number of sulfone groups is 1. The number of aromatic hydroxyl groups is 1. The third-order valence-corrected chi connectivity index (χ3v) is 3.53. The van der Waals surface area contributed by atoms with Crippen molar-refractivity contribution in [3.05, 3.63) is 22.2 Å². The van der Waals surface area contributed by atoms with Crippen molar-refractivity contribution < 1.29 is 23.4 Å². The maximum atomic E-state index is 11.4. The number of hydrogen-bond donors (Lipinski definition) is 3. The van der Waals surface area contributed by atoms with Gasteiger partial charge in [0.05, 0.1) is 10.6 Å². The van der Waals surface area contributed by atoms with Crippen LogP contribution in [-0.2, 0) is 9.84 Å². The predicted molar refractivity (Wildman–Crippen MR) is 61.1 cm³/mol. The first-order chi connectivity index (χ1) is 7.70. The molecule has 1 aromatic rings. The maximum Gasteiger partial charge on any atom is 0.337 e. The minimum Gasteiger partial charge on any atom is -0.505 e. The van der Waals surface area contributed by atoms with E-state index in [4.69, 9.17) is 22.1 Å². The molecular formula is C9H8ClNO5S. The molecule has 0 saturated heterocycles. The van der Waals surface area contributed by atoms with Gasteiger partial charge in [-0.3, -0.25) is 0 Å². The van der Waals surface area contributed by atoms with Crippen molar-refractivity contribution in [2.45, 2.75) is 4.90 Å². The standard InChI is InChI=1S/C9H8ClNO5S/c1-17(15,16)8-4(3-11)2-5(9(13)14)6(10)7(8)12/h2-3,11-12H,1H3,(H,13,14). The highest BCUT2D eigenvalue weighted by atomic mass is 35.5. The summed E-state index contributed by atoms with van der Waals surface area (Å²) in [6, 6.07) is 0.924. The quantitative estimate of drug-likeness (QED) is 0.717. The highest BCUT2D eigenvalue weighted by Gasteiger charge is 2.24. The number of phenolic OH excluding ortho intramolecular Hbond substituents is 1. The molecule has 92 valence electrons. The lowest BCUT2D eigenvalue weighted by Crippen LogP contribution is -2.07. The van der Waals surface area contributed by atoms with Gasteiger partial charge in [0.25, 0.3) is 0 Å². The molecular weight excluding hydrogens is 270 g/mol. The van der Waals surface area contributed by atoms with E-state index >= 15 is 0 Å². The first-order valence-corrected chi connectivity index (χ1v) is 6.46. The molecule has 17 heavy (non-hydrogen) atoms. The molecule has 0 unspecified atom stereocenters. The maximum absolute atomic E-state index is 11.4. The summed E-state index contributed by atoms with van der Waals surface area (Å²) in [5.74, 6) is -2.28. The summed E-state index contributed by atoms with van der Waals surface area (Å²) < 4.78 is 22.8. The Bertz CT molecular complexity index is 608. The molecule has 1 rings (SSSR count). The summed E-state index contributed by atoms with van der Waals surface area (Å²) in [6.07, 6.45) is 1.46. The van der Waals surface area contributed by atoms with Gasteiger partial charge in [0.15, 0.2) is 15.6 Å². The lowest BCUT2D eigenvalue weighted by atomic mass is 10.1. The summed E-state index contributed by atoms with van der Waals surface area (Å²) >= 11 is 5.56. The first kappa shape index (κ1) is 13.5. The number of benzene rings is 1. The van der Waals surface area contributed by atoms with E-state index in [9.17, 15) is 18.3 Å². The second-order valence-electron chi connectivity index (χ2n) is 3.23. The highest BCUT2D eigenvalue weighted by molar-refractivity contribution is 7.90. The Kier molecular flexibility index (Phi) is 3.44.